The summed E-state index contributed by atoms with van der Waals surface area (Å²) in [5.41, 5.74) is 0.274. The second kappa shape index (κ2) is 4.23. The number of nitrogens with zero attached hydrogens (tertiary/aromatic N) is 3. The molecule has 4 rings (SSSR count). The van der Waals surface area contributed by atoms with E-state index in [2.05, 4.69) is 15.3 Å². The van der Waals surface area contributed by atoms with Crippen molar-refractivity contribution < 1.29 is 8.42 Å². The normalized spacial score (nSPS) is 12.4. The molecule has 0 aliphatic rings. The lowest BCUT2D eigenvalue weighted by Gasteiger charge is -1.98. The van der Waals surface area contributed by atoms with Crippen LogP contribution in [0.3, 0.4) is 0 Å². The Balaban J connectivity index is 2.12. The summed E-state index contributed by atoms with van der Waals surface area (Å²) in [6.07, 6.45) is 0. The van der Waals surface area contributed by atoms with Gasteiger partial charge in [0.2, 0.25) is 14.9 Å². The minimum Gasteiger partial charge on any atom is -0.303 e. The van der Waals surface area contributed by atoms with Gasteiger partial charge in [-0.1, -0.05) is 11.3 Å². The maximum atomic E-state index is 12.5. The van der Waals surface area contributed by atoms with E-state index in [1.165, 1.54) is 21.9 Å². The summed E-state index contributed by atoms with van der Waals surface area (Å²) >= 11 is 2.35. The Hall–Kier alpha value is -2.04. The Morgan fingerprint density at radius 2 is 2.05 bits per heavy atom. The first-order valence-electron chi connectivity index (χ1n) is 5.72. The number of nitrogens with one attached hydrogen (secondary N) is 1. The molecule has 0 radical (unpaired) electrons. The van der Waals surface area contributed by atoms with Gasteiger partial charge in [0.15, 0.2) is 5.65 Å². The summed E-state index contributed by atoms with van der Waals surface area (Å²) in [4.78, 5) is 14.6. The zero-order valence-corrected chi connectivity index (χ0v) is 12.6. The van der Waals surface area contributed by atoms with E-state index in [-0.39, 0.29) is 20.4 Å². The lowest BCUT2D eigenvalue weighted by atomic mass is 10.5. The monoisotopic (exact) mass is 338 g/mol. The maximum Gasteiger partial charge on any atom is 0.269 e. The number of aromatic amines is 1. The molecule has 0 bridgehead atoms. The number of fused-ring (bicyclic) bond motifs is 3. The summed E-state index contributed by atoms with van der Waals surface area (Å²) in [6.45, 7) is 0. The molecule has 1 N–H and O–H groups in total. The molecule has 0 aromatic carbocycles. The number of sulfone groups is 1. The van der Waals surface area contributed by atoms with Crippen LogP contribution in [-0.2, 0) is 9.84 Å². The second-order valence-electron chi connectivity index (χ2n) is 4.18. The fraction of sp³-hybridized carbons (Fsp3) is 0. The largest absolute Gasteiger partial charge is 0.303 e. The molecule has 4 aromatic rings. The van der Waals surface area contributed by atoms with Gasteiger partial charge < -0.3 is 4.98 Å². The van der Waals surface area contributed by atoms with Crippen molar-refractivity contribution in [2.75, 3.05) is 0 Å². The molecule has 0 aliphatic heterocycles. The Morgan fingerprint density at radius 3 is 2.81 bits per heavy atom. The molecule has 0 aliphatic carbocycles. The van der Waals surface area contributed by atoms with Gasteiger partial charge in [0.25, 0.3) is 5.56 Å². The highest BCUT2D eigenvalue weighted by Crippen LogP contribution is 2.26. The summed E-state index contributed by atoms with van der Waals surface area (Å²) in [6, 6.07) is 4.84. The van der Waals surface area contributed by atoms with E-state index >= 15 is 0 Å². The summed E-state index contributed by atoms with van der Waals surface area (Å²) in [7, 11) is -3.79. The van der Waals surface area contributed by atoms with E-state index in [4.69, 9.17) is 0 Å². The number of H-pyrrole nitrogens is 1. The van der Waals surface area contributed by atoms with E-state index in [0.717, 1.165) is 11.3 Å². The van der Waals surface area contributed by atoms with Crippen LogP contribution >= 0.6 is 22.7 Å². The first kappa shape index (κ1) is 12.7. The number of hydrogen-bond acceptors (Lipinski definition) is 7. The van der Waals surface area contributed by atoms with E-state index in [9.17, 15) is 13.2 Å². The molecule has 7 nitrogen and oxygen atoms in total. The number of hydrogen-bond donors (Lipinski definition) is 1. The SMILES string of the molecule is O=c1[nH]c2c(S(=O)(=O)c3cccs3)nnn2c2ccsc12. The fourth-order valence-electron chi connectivity index (χ4n) is 2.04. The van der Waals surface area contributed by atoms with Crippen LogP contribution in [0.1, 0.15) is 0 Å². The van der Waals surface area contributed by atoms with Crippen LogP contribution in [0, 0.1) is 0 Å². The average molecular weight is 338 g/mol. The van der Waals surface area contributed by atoms with Gasteiger partial charge >= 0.3 is 0 Å². The highest BCUT2D eigenvalue weighted by atomic mass is 32.2. The highest BCUT2D eigenvalue weighted by molar-refractivity contribution is 7.93. The van der Waals surface area contributed by atoms with Crippen LogP contribution in [0.25, 0.3) is 15.9 Å². The van der Waals surface area contributed by atoms with Gasteiger partial charge in [-0.05, 0) is 22.9 Å². The zero-order chi connectivity index (χ0) is 14.6. The van der Waals surface area contributed by atoms with Crippen molar-refractivity contribution in [1.29, 1.82) is 0 Å². The number of rotatable bonds is 2. The molecule has 10 heteroatoms. The van der Waals surface area contributed by atoms with Crippen LogP contribution in [0.4, 0.5) is 0 Å². The lowest BCUT2D eigenvalue weighted by molar-refractivity contribution is 0.594. The van der Waals surface area contributed by atoms with Gasteiger partial charge in [0.1, 0.15) is 8.91 Å². The predicted molar refractivity (Wildman–Crippen MR) is 78.8 cm³/mol. The van der Waals surface area contributed by atoms with Crippen molar-refractivity contribution in [1.82, 2.24) is 19.8 Å². The Labute approximate surface area is 125 Å². The zero-order valence-electron chi connectivity index (χ0n) is 10.2. The Bertz CT molecular complexity index is 1120. The molecule has 4 aromatic heterocycles. The molecule has 0 saturated heterocycles. The van der Waals surface area contributed by atoms with Crippen LogP contribution in [0.5, 0.6) is 0 Å². The molecule has 0 saturated carbocycles. The molecular weight excluding hydrogens is 332 g/mol. The summed E-state index contributed by atoms with van der Waals surface area (Å²) in [5, 5.41) is 10.8. The molecule has 0 unspecified atom stereocenters. The molecule has 0 fully saturated rings. The minimum absolute atomic E-state index is 0.0827. The average Bonchev–Trinajstić information content (AvgIpc) is 3.18. The first-order valence-corrected chi connectivity index (χ1v) is 8.97. The van der Waals surface area contributed by atoms with Gasteiger partial charge in [-0.15, -0.1) is 27.8 Å². The first-order chi connectivity index (χ1) is 10.1. The van der Waals surface area contributed by atoms with Gasteiger partial charge in [-0.2, -0.15) is 4.52 Å². The molecule has 0 amide bonds. The number of aromatic nitrogens is 4. The van der Waals surface area contributed by atoms with E-state index < -0.39 is 9.84 Å². The van der Waals surface area contributed by atoms with Crippen molar-refractivity contribution in [3.05, 3.63) is 39.3 Å². The third kappa shape index (κ3) is 1.69. The van der Waals surface area contributed by atoms with Gasteiger partial charge in [0.05, 0.1) is 5.52 Å². The van der Waals surface area contributed by atoms with Crippen LogP contribution in [0.15, 0.2) is 43.0 Å². The van der Waals surface area contributed by atoms with Crippen LogP contribution < -0.4 is 5.56 Å². The third-order valence-electron chi connectivity index (χ3n) is 2.96. The Morgan fingerprint density at radius 1 is 1.19 bits per heavy atom. The molecule has 0 atom stereocenters. The third-order valence-corrected chi connectivity index (χ3v) is 6.93. The van der Waals surface area contributed by atoms with Crippen molar-refractivity contribution >= 4 is 48.4 Å². The second-order valence-corrected chi connectivity index (χ2v) is 8.14. The topological polar surface area (TPSA) is 97.2 Å². The van der Waals surface area contributed by atoms with Crippen molar-refractivity contribution in [3.63, 3.8) is 0 Å². The van der Waals surface area contributed by atoms with Gasteiger partial charge in [0, 0.05) is 0 Å². The minimum atomic E-state index is -3.79. The van der Waals surface area contributed by atoms with Crippen molar-refractivity contribution in [3.8, 4) is 0 Å². The molecule has 21 heavy (non-hydrogen) atoms. The predicted octanol–water partition coefficient (Wildman–Crippen LogP) is 1.53. The molecule has 106 valence electrons. The van der Waals surface area contributed by atoms with Crippen molar-refractivity contribution in [2.45, 2.75) is 9.24 Å². The molecule has 0 spiro atoms. The lowest BCUT2D eigenvalue weighted by Crippen LogP contribution is -2.10. The van der Waals surface area contributed by atoms with E-state index in [1.54, 1.807) is 22.9 Å². The van der Waals surface area contributed by atoms with E-state index in [0.29, 0.717) is 10.2 Å². The fourth-order valence-corrected chi connectivity index (χ4v) is 5.15. The van der Waals surface area contributed by atoms with Gasteiger partial charge in [-0.25, -0.2) is 8.42 Å². The summed E-state index contributed by atoms with van der Waals surface area (Å²) in [5.74, 6) is 0. The highest BCUT2D eigenvalue weighted by Gasteiger charge is 2.27. The summed E-state index contributed by atoms with van der Waals surface area (Å²) < 4.78 is 27.0. The quantitative estimate of drug-likeness (QED) is 0.598. The number of thiophene rings is 2. The molecular formula is C11H6N4O3S3. The maximum absolute atomic E-state index is 12.5. The van der Waals surface area contributed by atoms with Crippen molar-refractivity contribution in [2.24, 2.45) is 0 Å². The van der Waals surface area contributed by atoms with Crippen LogP contribution in [0.2, 0.25) is 0 Å². The standard InChI is InChI=1S/C11H6N4O3S3/c16-10-8-6(3-5-20-8)15-9(12-10)11(13-14-15)21(17,18)7-2-1-4-19-7/h1-5H,(H,12,16). The van der Waals surface area contributed by atoms with Crippen LogP contribution in [-0.4, -0.2) is 28.2 Å². The smallest absolute Gasteiger partial charge is 0.269 e. The van der Waals surface area contributed by atoms with Gasteiger partial charge in [-0.3, -0.25) is 4.79 Å². The Kier molecular flexibility index (Phi) is 2.55. The molecule has 4 heterocycles. The van der Waals surface area contributed by atoms with E-state index in [1.807, 2.05) is 0 Å².